The Bertz CT molecular complexity index is 351. The number of aliphatic hydroxyl groups is 1. The predicted octanol–water partition coefficient (Wildman–Crippen LogP) is 2.51. The highest BCUT2D eigenvalue weighted by atomic mass is 79.9. The molecular weight excluding hydrogens is 284 g/mol. The van der Waals surface area contributed by atoms with E-state index in [0.29, 0.717) is 0 Å². The maximum Gasteiger partial charge on any atom is 0.322 e. The molecule has 0 radical (unpaired) electrons. The minimum absolute atomic E-state index is 0.00338. The van der Waals surface area contributed by atoms with Crippen LogP contribution in [0.15, 0.2) is 30.3 Å². The summed E-state index contributed by atoms with van der Waals surface area (Å²) < 4.78 is 5.12. The number of alkyl halides is 1. The molecule has 0 unspecified atom stereocenters. The summed E-state index contributed by atoms with van der Waals surface area (Å²) >= 11 is 3.16. The number of benzene rings is 1. The third-order valence-electron chi connectivity index (χ3n) is 2.43. The molecular formula is C13H17BrO3. The van der Waals surface area contributed by atoms with Crippen LogP contribution in [0.1, 0.15) is 19.4 Å². The fourth-order valence-corrected chi connectivity index (χ4v) is 2.03. The van der Waals surface area contributed by atoms with Crippen molar-refractivity contribution in [3.8, 4) is 0 Å². The molecule has 1 rings (SSSR count). The van der Waals surface area contributed by atoms with Crippen molar-refractivity contribution in [1.82, 2.24) is 0 Å². The molecule has 0 saturated heterocycles. The second-order valence-electron chi connectivity index (χ2n) is 4.23. The molecule has 4 heteroatoms. The lowest BCUT2D eigenvalue weighted by atomic mass is 10.0. The van der Waals surface area contributed by atoms with Crippen molar-refractivity contribution in [1.29, 1.82) is 0 Å². The number of ether oxygens (including phenoxy) is 1. The SMILES string of the molecule is CC(C)[C@@H](O)[C@@H](Br)C(=O)OCc1ccccc1. The van der Waals surface area contributed by atoms with Gasteiger partial charge in [0, 0.05) is 0 Å². The van der Waals surface area contributed by atoms with Crippen molar-refractivity contribution in [2.24, 2.45) is 5.92 Å². The molecule has 0 aliphatic rings. The number of aliphatic hydroxyl groups excluding tert-OH is 1. The molecule has 3 nitrogen and oxygen atoms in total. The first-order valence-corrected chi connectivity index (χ1v) is 6.46. The Labute approximate surface area is 110 Å². The number of esters is 1. The monoisotopic (exact) mass is 300 g/mol. The van der Waals surface area contributed by atoms with E-state index in [-0.39, 0.29) is 12.5 Å². The molecule has 0 spiro atoms. The summed E-state index contributed by atoms with van der Waals surface area (Å²) in [5.41, 5.74) is 0.930. The van der Waals surface area contributed by atoms with E-state index >= 15 is 0 Å². The Hall–Kier alpha value is -0.870. The minimum Gasteiger partial charge on any atom is -0.460 e. The van der Waals surface area contributed by atoms with Gasteiger partial charge in [-0.3, -0.25) is 4.79 Å². The Morgan fingerprint density at radius 3 is 2.47 bits per heavy atom. The van der Waals surface area contributed by atoms with Gasteiger partial charge in [0.2, 0.25) is 0 Å². The molecule has 0 fully saturated rings. The topological polar surface area (TPSA) is 46.5 Å². The van der Waals surface area contributed by atoms with E-state index in [9.17, 15) is 9.90 Å². The normalized spacial score (nSPS) is 14.4. The van der Waals surface area contributed by atoms with E-state index in [1.54, 1.807) is 0 Å². The average Bonchev–Trinajstić information content (AvgIpc) is 2.35. The number of carbonyl (C=O) groups excluding carboxylic acids is 1. The lowest BCUT2D eigenvalue weighted by Gasteiger charge is -2.19. The molecule has 1 aromatic rings. The number of hydrogen-bond acceptors (Lipinski definition) is 3. The second-order valence-corrected chi connectivity index (χ2v) is 5.22. The molecule has 0 aliphatic carbocycles. The van der Waals surface area contributed by atoms with Gasteiger partial charge in [-0.15, -0.1) is 0 Å². The Balaban J connectivity index is 2.45. The van der Waals surface area contributed by atoms with Crippen molar-refractivity contribution in [3.63, 3.8) is 0 Å². The quantitative estimate of drug-likeness (QED) is 0.671. The lowest BCUT2D eigenvalue weighted by molar-refractivity contribution is -0.146. The lowest BCUT2D eigenvalue weighted by Crippen LogP contribution is -2.34. The van der Waals surface area contributed by atoms with Crippen molar-refractivity contribution >= 4 is 21.9 Å². The number of rotatable bonds is 5. The van der Waals surface area contributed by atoms with E-state index in [4.69, 9.17) is 4.74 Å². The van der Waals surface area contributed by atoms with Gasteiger partial charge in [-0.2, -0.15) is 0 Å². The highest BCUT2D eigenvalue weighted by molar-refractivity contribution is 9.10. The van der Waals surface area contributed by atoms with E-state index in [0.717, 1.165) is 5.56 Å². The fourth-order valence-electron chi connectivity index (χ4n) is 1.29. The van der Waals surface area contributed by atoms with Gasteiger partial charge in [-0.25, -0.2) is 0 Å². The van der Waals surface area contributed by atoms with E-state index in [1.165, 1.54) is 0 Å². The first-order valence-electron chi connectivity index (χ1n) is 5.55. The molecule has 0 bridgehead atoms. The molecule has 0 amide bonds. The van der Waals surface area contributed by atoms with Crippen molar-refractivity contribution in [3.05, 3.63) is 35.9 Å². The Kier molecular flexibility index (Phi) is 5.65. The second kappa shape index (κ2) is 6.77. The highest BCUT2D eigenvalue weighted by Crippen LogP contribution is 2.16. The van der Waals surface area contributed by atoms with Gasteiger partial charge in [0.05, 0.1) is 6.10 Å². The van der Waals surface area contributed by atoms with Crippen LogP contribution in [-0.4, -0.2) is 22.0 Å². The molecule has 17 heavy (non-hydrogen) atoms. The molecule has 0 heterocycles. The third-order valence-corrected chi connectivity index (χ3v) is 3.35. The van der Waals surface area contributed by atoms with E-state index < -0.39 is 16.9 Å². The van der Waals surface area contributed by atoms with Gasteiger partial charge < -0.3 is 9.84 Å². The standard InChI is InChI=1S/C13H17BrO3/c1-9(2)12(15)11(14)13(16)17-8-10-6-4-3-5-7-10/h3-7,9,11-12,15H,8H2,1-2H3/t11-,12-/m1/s1. The molecule has 0 aromatic heterocycles. The molecule has 0 aliphatic heterocycles. The van der Waals surface area contributed by atoms with Gasteiger partial charge in [-0.1, -0.05) is 60.1 Å². The average molecular weight is 301 g/mol. The van der Waals surface area contributed by atoms with Crippen LogP contribution in [0.3, 0.4) is 0 Å². The van der Waals surface area contributed by atoms with Crippen LogP contribution in [0.4, 0.5) is 0 Å². The van der Waals surface area contributed by atoms with Crippen LogP contribution in [0.2, 0.25) is 0 Å². The highest BCUT2D eigenvalue weighted by Gasteiger charge is 2.27. The zero-order valence-corrected chi connectivity index (χ0v) is 11.6. The van der Waals surface area contributed by atoms with Crippen LogP contribution in [-0.2, 0) is 16.1 Å². The third kappa shape index (κ3) is 4.48. The fraction of sp³-hybridized carbons (Fsp3) is 0.462. The van der Waals surface area contributed by atoms with Crippen molar-refractivity contribution in [2.75, 3.05) is 0 Å². The molecule has 94 valence electrons. The molecule has 1 N–H and O–H groups in total. The summed E-state index contributed by atoms with van der Waals surface area (Å²) in [6, 6.07) is 9.45. The number of hydrogen-bond donors (Lipinski definition) is 1. The van der Waals surface area contributed by atoms with Gasteiger partial charge in [0.1, 0.15) is 11.4 Å². The summed E-state index contributed by atoms with van der Waals surface area (Å²) in [6.45, 7) is 3.93. The maximum atomic E-state index is 11.6. The summed E-state index contributed by atoms with van der Waals surface area (Å²) in [4.78, 5) is 11.0. The number of carbonyl (C=O) groups is 1. The first-order chi connectivity index (χ1) is 8.02. The predicted molar refractivity (Wildman–Crippen MR) is 69.8 cm³/mol. The van der Waals surface area contributed by atoms with Crippen LogP contribution < -0.4 is 0 Å². The molecule has 1 aromatic carbocycles. The van der Waals surface area contributed by atoms with Gasteiger partial charge in [0.25, 0.3) is 0 Å². The van der Waals surface area contributed by atoms with Crippen LogP contribution in [0.25, 0.3) is 0 Å². The van der Waals surface area contributed by atoms with Crippen molar-refractivity contribution < 1.29 is 14.6 Å². The Morgan fingerprint density at radius 1 is 1.35 bits per heavy atom. The summed E-state index contributed by atoms with van der Waals surface area (Å²) in [5, 5.41) is 9.71. The largest absolute Gasteiger partial charge is 0.460 e. The van der Waals surface area contributed by atoms with Crippen LogP contribution >= 0.6 is 15.9 Å². The van der Waals surface area contributed by atoms with Gasteiger partial charge in [0.15, 0.2) is 0 Å². The summed E-state index contributed by atoms with van der Waals surface area (Å²) in [6.07, 6.45) is -0.738. The maximum absolute atomic E-state index is 11.6. The van der Waals surface area contributed by atoms with Crippen LogP contribution in [0.5, 0.6) is 0 Å². The van der Waals surface area contributed by atoms with Gasteiger partial charge >= 0.3 is 5.97 Å². The van der Waals surface area contributed by atoms with E-state index in [1.807, 2.05) is 44.2 Å². The summed E-state index contributed by atoms with van der Waals surface area (Å²) in [5.74, 6) is -0.432. The zero-order chi connectivity index (χ0) is 12.8. The zero-order valence-electron chi connectivity index (χ0n) is 9.97. The first kappa shape index (κ1) is 14.2. The van der Waals surface area contributed by atoms with E-state index in [2.05, 4.69) is 15.9 Å². The molecule has 2 atom stereocenters. The van der Waals surface area contributed by atoms with Crippen LogP contribution in [0, 0.1) is 5.92 Å². The summed E-state index contributed by atoms with van der Waals surface area (Å²) in [7, 11) is 0. The minimum atomic E-state index is -0.738. The Morgan fingerprint density at radius 2 is 1.94 bits per heavy atom. The number of halogens is 1. The smallest absolute Gasteiger partial charge is 0.322 e. The molecule has 0 saturated carbocycles. The van der Waals surface area contributed by atoms with Gasteiger partial charge in [-0.05, 0) is 11.5 Å². The van der Waals surface area contributed by atoms with Crippen molar-refractivity contribution in [2.45, 2.75) is 31.4 Å².